The van der Waals surface area contributed by atoms with Crippen molar-refractivity contribution in [2.75, 3.05) is 0 Å². The standard InChI is InChI=1S/C6H6N6/c1-2-8-3-5-6(11-12-7)10-4-9-5/h2-4H,1H2,(H,9,10)/b8-3-. The van der Waals surface area contributed by atoms with Crippen molar-refractivity contribution in [1.82, 2.24) is 9.97 Å². The Morgan fingerprint density at radius 1 is 1.75 bits per heavy atom. The van der Waals surface area contributed by atoms with Crippen LogP contribution in [0.25, 0.3) is 10.4 Å². The van der Waals surface area contributed by atoms with Crippen molar-refractivity contribution in [3.63, 3.8) is 0 Å². The molecule has 1 aromatic heterocycles. The molecule has 0 saturated carbocycles. The lowest BCUT2D eigenvalue weighted by atomic mass is 10.5. The maximum atomic E-state index is 8.13. The van der Waals surface area contributed by atoms with Crippen LogP contribution in [-0.4, -0.2) is 16.2 Å². The van der Waals surface area contributed by atoms with E-state index in [1.165, 1.54) is 18.7 Å². The number of H-pyrrole nitrogens is 1. The molecule has 0 radical (unpaired) electrons. The number of aromatic nitrogens is 2. The first-order chi connectivity index (χ1) is 5.88. The summed E-state index contributed by atoms with van der Waals surface area (Å²) in [5.74, 6) is 0.350. The average molecular weight is 162 g/mol. The Bertz CT molecular complexity index is 343. The summed E-state index contributed by atoms with van der Waals surface area (Å²) < 4.78 is 0. The predicted molar refractivity (Wildman–Crippen MR) is 45.2 cm³/mol. The molecule has 0 amide bonds. The SMILES string of the molecule is C=C/N=C\c1nc[nH]c1N=[N+]=[N-]. The van der Waals surface area contributed by atoms with Crippen molar-refractivity contribution in [3.05, 3.63) is 35.2 Å². The summed E-state index contributed by atoms with van der Waals surface area (Å²) in [6.45, 7) is 3.40. The molecule has 60 valence electrons. The summed E-state index contributed by atoms with van der Waals surface area (Å²) in [6, 6.07) is 0. The van der Waals surface area contributed by atoms with Gasteiger partial charge in [0.25, 0.3) is 0 Å². The third-order valence-corrected chi connectivity index (χ3v) is 1.09. The Kier molecular flexibility index (Phi) is 2.64. The first-order valence-electron chi connectivity index (χ1n) is 3.11. The van der Waals surface area contributed by atoms with Crippen molar-refractivity contribution in [2.24, 2.45) is 10.1 Å². The molecule has 0 bridgehead atoms. The Balaban J connectivity index is 2.98. The van der Waals surface area contributed by atoms with Crippen LogP contribution in [0.3, 0.4) is 0 Å². The number of rotatable bonds is 3. The smallest absolute Gasteiger partial charge is 0.131 e. The molecule has 0 aliphatic carbocycles. The van der Waals surface area contributed by atoms with Crippen LogP contribution < -0.4 is 0 Å². The quantitative estimate of drug-likeness (QED) is 0.312. The van der Waals surface area contributed by atoms with Crippen LogP contribution in [0.4, 0.5) is 5.82 Å². The molecule has 6 nitrogen and oxygen atoms in total. The summed E-state index contributed by atoms with van der Waals surface area (Å²) in [4.78, 5) is 12.9. The van der Waals surface area contributed by atoms with Crippen molar-refractivity contribution >= 4 is 12.0 Å². The van der Waals surface area contributed by atoms with Gasteiger partial charge in [-0.1, -0.05) is 6.58 Å². The molecule has 6 heteroatoms. The highest BCUT2D eigenvalue weighted by molar-refractivity contribution is 5.82. The normalized spacial score (nSPS) is 9.67. The van der Waals surface area contributed by atoms with E-state index in [9.17, 15) is 0 Å². The van der Waals surface area contributed by atoms with E-state index in [0.717, 1.165) is 0 Å². The molecule has 0 aliphatic rings. The summed E-state index contributed by atoms with van der Waals surface area (Å²) in [6.07, 6.45) is 4.25. The number of aromatic amines is 1. The van der Waals surface area contributed by atoms with Gasteiger partial charge in [-0.25, -0.2) is 4.98 Å². The number of azide groups is 1. The first kappa shape index (κ1) is 8.03. The lowest BCUT2D eigenvalue weighted by Crippen LogP contribution is -1.78. The number of hydrogen-bond acceptors (Lipinski definition) is 3. The first-order valence-corrected chi connectivity index (χ1v) is 3.11. The zero-order chi connectivity index (χ0) is 8.81. The van der Waals surface area contributed by atoms with Crippen LogP contribution >= 0.6 is 0 Å². The predicted octanol–water partition coefficient (Wildman–Crippen LogP) is 1.91. The molecule has 0 aromatic carbocycles. The number of hydrogen-bond donors (Lipinski definition) is 1. The molecular weight excluding hydrogens is 156 g/mol. The van der Waals surface area contributed by atoms with Crippen LogP contribution in [0.15, 0.2) is 29.2 Å². The summed E-state index contributed by atoms with van der Waals surface area (Å²) in [7, 11) is 0. The summed E-state index contributed by atoms with van der Waals surface area (Å²) in [5.41, 5.74) is 8.63. The second kappa shape index (κ2) is 3.95. The molecule has 0 fully saturated rings. The van der Waals surface area contributed by atoms with E-state index >= 15 is 0 Å². The maximum absolute atomic E-state index is 8.13. The number of nitrogens with zero attached hydrogens (tertiary/aromatic N) is 5. The van der Waals surface area contributed by atoms with E-state index in [4.69, 9.17) is 5.53 Å². The second-order valence-corrected chi connectivity index (χ2v) is 1.79. The van der Waals surface area contributed by atoms with Crippen LogP contribution in [0.2, 0.25) is 0 Å². The Morgan fingerprint density at radius 2 is 2.58 bits per heavy atom. The van der Waals surface area contributed by atoms with Gasteiger partial charge in [0.15, 0.2) is 0 Å². The van der Waals surface area contributed by atoms with Crippen LogP contribution in [0.5, 0.6) is 0 Å². The molecule has 1 rings (SSSR count). The van der Waals surface area contributed by atoms with Crippen molar-refractivity contribution in [3.8, 4) is 0 Å². The van der Waals surface area contributed by atoms with Crippen molar-refractivity contribution in [1.29, 1.82) is 0 Å². The van der Waals surface area contributed by atoms with Gasteiger partial charge >= 0.3 is 0 Å². The van der Waals surface area contributed by atoms with E-state index < -0.39 is 0 Å². The number of imidazole rings is 1. The van der Waals surface area contributed by atoms with Gasteiger partial charge in [-0.3, -0.25) is 4.99 Å². The minimum atomic E-state index is 0.350. The third-order valence-electron chi connectivity index (χ3n) is 1.09. The molecule has 12 heavy (non-hydrogen) atoms. The van der Waals surface area contributed by atoms with Gasteiger partial charge in [-0.15, -0.1) is 0 Å². The lowest BCUT2D eigenvalue weighted by molar-refractivity contribution is 1.29. The van der Waals surface area contributed by atoms with Gasteiger partial charge < -0.3 is 4.98 Å². The Morgan fingerprint density at radius 3 is 3.25 bits per heavy atom. The summed E-state index contributed by atoms with van der Waals surface area (Å²) >= 11 is 0. The minimum Gasteiger partial charge on any atom is -0.343 e. The van der Waals surface area contributed by atoms with E-state index in [0.29, 0.717) is 11.5 Å². The van der Waals surface area contributed by atoms with Gasteiger partial charge in [0.1, 0.15) is 11.5 Å². The van der Waals surface area contributed by atoms with Crippen LogP contribution in [-0.2, 0) is 0 Å². The zero-order valence-electron chi connectivity index (χ0n) is 6.18. The average Bonchev–Trinajstić information content (AvgIpc) is 2.50. The maximum Gasteiger partial charge on any atom is 0.131 e. The van der Waals surface area contributed by atoms with Crippen molar-refractivity contribution in [2.45, 2.75) is 0 Å². The van der Waals surface area contributed by atoms with E-state index in [1.807, 2.05) is 0 Å². The number of aliphatic imine (C=N–C) groups is 1. The Hall–Kier alpha value is -2.07. The molecule has 1 heterocycles. The molecule has 0 spiro atoms. The van der Waals surface area contributed by atoms with Crippen LogP contribution in [0, 0.1) is 0 Å². The zero-order valence-corrected chi connectivity index (χ0v) is 6.18. The van der Waals surface area contributed by atoms with E-state index in [-0.39, 0.29) is 0 Å². The largest absolute Gasteiger partial charge is 0.343 e. The molecule has 1 N–H and O–H groups in total. The van der Waals surface area contributed by atoms with Crippen LogP contribution in [0.1, 0.15) is 5.69 Å². The topological polar surface area (TPSA) is 89.8 Å². The van der Waals surface area contributed by atoms with E-state index in [1.54, 1.807) is 0 Å². The second-order valence-electron chi connectivity index (χ2n) is 1.79. The fraction of sp³-hybridized carbons (Fsp3) is 0. The molecule has 0 atom stereocenters. The minimum absolute atomic E-state index is 0.350. The monoisotopic (exact) mass is 162 g/mol. The molecular formula is C6H6N6. The number of nitrogens with one attached hydrogen (secondary N) is 1. The highest BCUT2D eigenvalue weighted by Crippen LogP contribution is 2.10. The molecule has 0 aliphatic heterocycles. The fourth-order valence-electron chi connectivity index (χ4n) is 0.641. The van der Waals surface area contributed by atoms with Gasteiger partial charge in [0.2, 0.25) is 0 Å². The van der Waals surface area contributed by atoms with Gasteiger partial charge in [0, 0.05) is 11.1 Å². The lowest BCUT2D eigenvalue weighted by Gasteiger charge is -1.83. The molecule has 0 saturated heterocycles. The third kappa shape index (κ3) is 1.71. The molecule has 0 unspecified atom stereocenters. The van der Waals surface area contributed by atoms with Crippen molar-refractivity contribution < 1.29 is 0 Å². The van der Waals surface area contributed by atoms with Gasteiger partial charge in [-0.2, -0.15) is 0 Å². The molecule has 1 aromatic rings. The highest BCUT2D eigenvalue weighted by Gasteiger charge is 1.97. The fourth-order valence-corrected chi connectivity index (χ4v) is 0.641. The van der Waals surface area contributed by atoms with E-state index in [2.05, 4.69) is 31.6 Å². The Labute approximate surface area is 68.3 Å². The van der Waals surface area contributed by atoms with Gasteiger partial charge in [-0.05, 0) is 10.6 Å². The summed E-state index contributed by atoms with van der Waals surface area (Å²) in [5, 5.41) is 3.36. The highest BCUT2D eigenvalue weighted by atomic mass is 15.2. The van der Waals surface area contributed by atoms with Gasteiger partial charge in [0.05, 0.1) is 12.5 Å².